The molecule has 1 heterocycles. The number of carboxylic acids is 1. The summed E-state index contributed by atoms with van der Waals surface area (Å²) >= 11 is 0. The highest BCUT2D eigenvalue weighted by atomic mass is 16.6. The number of likely N-dealkylation sites (tertiary alicyclic amines) is 1. The lowest BCUT2D eigenvalue weighted by molar-refractivity contribution is -0.139. The van der Waals surface area contributed by atoms with Crippen molar-refractivity contribution in [2.24, 2.45) is 0 Å². The molecule has 1 aromatic rings. The lowest BCUT2D eigenvalue weighted by Gasteiger charge is -2.42. The average Bonchev–Trinajstić information content (AvgIpc) is 2.46. The van der Waals surface area contributed by atoms with Crippen LogP contribution < -0.4 is 0 Å². The monoisotopic (exact) mass is 319 g/mol. The summed E-state index contributed by atoms with van der Waals surface area (Å²) in [4.78, 5) is 25.4. The zero-order valence-corrected chi connectivity index (χ0v) is 14.0. The van der Waals surface area contributed by atoms with E-state index >= 15 is 0 Å². The second-order valence-corrected chi connectivity index (χ2v) is 7.22. The molecular formula is C18H25NO4. The van der Waals surface area contributed by atoms with Crippen LogP contribution in [0.25, 0.3) is 0 Å². The number of rotatable bonds is 3. The van der Waals surface area contributed by atoms with Crippen molar-refractivity contribution in [3.05, 3.63) is 35.9 Å². The van der Waals surface area contributed by atoms with Crippen LogP contribution in [0.2, 0.25) is 0 Å². The number of piperidine rings is 1. The summed E-state index contributed by atoms with van der Waals surface area (Å²) in [6, 6.07) is 9.62. The molecule has 23 heavy (non-hydrogen) atoms. The summed E-state index contributed by atoms with van der Waals surface area (Å²) in [6.45, 7) is 6.46. The third-order valence-electron chi connectivity index (χ3n) is 4.10. The van der Waals surface area contributed by atoms with Crippen molar-refractivity contribution in [2.75, 3.05) is 13.1 Å². The summed E-state index contributed by atoms with van der Waals surface area (Å²) in [5, 5.41) is 9.37. The van der Waals surface area contributed by atoms with E-state index in [9.17, 15) is 14.7 Å². The van der Waals surface area contributed by atoms with Crippen LogP contribution >= 0.6 is 0 Å². The van der Waals surface area contributed by atoms with Crippen LogP contribution in [0.5, 0.6) is 0 Å². The predicted molar refractivity (Wildman–Crippen MR) is 87.4 cm³/mol. The van der Waals surface area contributed by atoms with Crippen LogP contribution in [-0.4, -0.2) is 40.8 Å². The van der Waals surface area contributed by atoms with Gasteiger partial charge in [0.15, 0.2) is 0 Å². The molecule has 1 aromatic carbocycles. The largest absolute Gasteiger partial charge is 0.481 e. The quantitative estimate of drug-likeness (QED) is 0.927. The smallest absolute Gasteiger partial charge is 0.410 e. The number of hydrogen-bond donors (Lipinski definition) is 1. The lowest BCUT2D eigenvalue weighted by Crippen LogP contribution is -2.50. The Morgan fingerprint density at radius 1 is 1.26 bits per heavy atom. The van der Waals surface area contributed by atoms with E-state index in [2.05, 4.69) is 0 Å². The molecular weight excluding hydrogens is 294 g/mol. The number of carboxylic acid groups (broad SMARTS) is 1. The minimum absolute atomic E-state index is 0.0102. The van der Waals surface area contributed by atoms with Crippen molar-refractivity contribution >= 4 is 12.1 Å². The van der Waals surface area contributed by atoms with Crippen LogP contribution in [0.3, 0.4) is 0 Å². The maximum atomic E-state index is 12.4. The van der Waals surface area contributed by atoms with Gasteiger partial charge in [0.05, 0.1) is 6.42 Å². The van der Waals surface area contributed by atoms with Gasteiger partial charge in [-0.2, -0.15) is 0 Å². The standard InChI is InChI=1S/C18H25NO4/c1-17(2,3)23-16(22)19-11-7-10-18(13-19,12-15(20)21)14-8-5-4-6-9-14/h4-6,8-9H,7,10-13H2,1-3H3,(H,20,21)/t18-/m0/s1. The summed E-state index contributed by atoms with van der Waals surface area (Å²) in [5.41, 5.74) is -0.144. The molecule has 1 amide bonds. The zero-order chi connectivity index (χ0) is 17.1. The molecule has 1 atom stereocenters. The Kier molecular flexibility index (Phi) is 4.97. The molecule has 2 rings (SSSR count). The third-order valence-corrected chi connectivity index (χ3v) is 4.10. The summed E-state index contributed by atoms with van der Waals surface area (Å²) < 4.78 is 5.45. The molecule has 1 N–H and O–H groups in total. The number of ether oxygens (including phenoxy) is 1. The van der Waals surface area contributed by atoms with E-state index in [1.165, 1.54) is 0 Å². The summed E-state index contributed by atoms with van der Waals surface area (Å²) in [6.07, 6.45) is 1.16. The maximum Gasteiger partial charge on any atom is 0.410 e. The van der Waals surface area contributed by atoms with Gasteiger partial charge in [-0.3, -0.25) is 4.79 Å². The first-order valence-corrected chi connectivity index (χ1v) is 7.97. The number of benzene rings is 1. The Bertz CT molecular complexity index is 564. The molecule has 1 aliphatic rings. The average molecular weight is 319 g/mol. The number of amides is 1. The van der Waals surface area contributed by atoms with E-state index in [1.807, 2.05) is 51.1 Å². The van der Waals surface area contributed by atoms with Gasteiger partial charge in [-0.25, -0.2) is 4.79 Å². The predicted octanol–water partition coefficient (Wildman–Crippen LogP) is 3.43. The van der Waals surface area contributed by atoms with E-state index in [-0.39, 0.29) is 12.5 Å². The molecule has 1 fully saturated rings. The van der Waals surface area contributed by atoms with Gasteiger partial charge in [-0.05, 0) is 39.2 Å². The fourth-order valence-electron chi connectivity index (χ4n) is 3.18. The van der Waals surface area contributed by atoms with Gasteiger partial charge in [0.25, 0.3) is 0 Å². The van der Waals surface area contributed by atoms with Gasteiger partial charge in [-0.15, -0.1) is 0 Å². The van der Waals surface area contributed by atoms with Crippen molar-refractivity contribution in [1.29, 1.82) is 0 Å². The Morgan fingerprint density at radius 3 is 2.48 bits per heavy atom. The highest BCUT2D eigenvalue weighted by Gasteiger charge is 2.41. The fourth-order valence-corrected chi connectivity index (χ4v) is 3.18. The Balaban J connectivity index is 2.26. The molecule has 5 nitrogen and oxygen atoms in total. The number of aliphatic carboxylic acids is 1. The van der Waals surface area contributed by atoms with Crippen LogP contribution in [0, 0.1) is 0 Å². The fraction of sp³-hybridized carbons (Fsp3) is 0.556. The molecule has 5 heteroatoms. The normalized spacial score (nSPS) is 21.8. The van der Waals surface area contributed by atoms with E-state index in [0.29, 0.717) is 13.1 Å². The second kappa shape index (κ2) is 6.60. The summed E-state index contributed by atoms with van der Waals surface area (Å²) in [5.74, 6) is -0.847. The Morgan fingerprint density at radius 2 is 1.91 bits per heavy atom. The van der Waals surface area contributed by atoms with Crippen molar-refractivity contribution in [3.63, 3.8) is 0 Å². The maximum absolute atomic E-state index is 12.4. The van der Waals surface area contributed by atoms with Gasteiger partial charge in [0.1, 0.15) is 5.60 Å². The number of carbonyl (C=O) groups excluding carboxylic acids is 1. The molecule has 0 spiro atoms. The zero-order valence-electron chi connectivity index (χ0n) is 14.0. The second-order valence-electron chi connectivity index (χ2n) is 7.22. The molecule has 126 valence electrons. The SMILES string of the molecule is CC(C)(C)OC(=O)N1CCC[C@@](CC(=O)O)(c2ccccc2)C1. The highest BCUT2D eigenvalue weighted by molar-refractivity contribution is 5.71. The van der Waals surface area contributed by atoms with Gasteiger partial charge in [0, 0.05) is 18.5 Å². The first-order valence-electron chi connectivity index (χ1n) is 7.97. The Hall–Kier alpha value is -2.04. The molecule has 0 bridgehead atoms. The topological polar surface area (TPSA) is 66.8 Å². The minimum atomic E-state index is -0.847. The van der Waals surface area contributed by atoms with Gasteiger partial charge < -0.3 is 14.7 Å². The van der Waals surface area contributed by atoms with Crippen LogP contribution in [-0.2, 0) is 14.9 Å². The molecule has 0 unspecified atom stereocenters. The molecule has 1 aliphatic heterocycles. The first-order chi connectivity index (χ1) is 10.7. The number of nitrogens with zero attached hydrogens (tertiary/aromatic N) is 1. The van der Waals surface area contributed by atoms with Gasteiger partial charge in [-0.1, -0.05) is 30.3 Å². The lowest BCUT2D eigenvalue weighted by atomic mass is 9.72. The third kappa shape index (κ3) is 4.47. The molecule has 0 saturated carbocycles. The van der Waals surface area contributed by atoms with Gasteiger partial charge in [0.2, 0.25) is 0 Å². The van der Waals surface area contributed by atoms with Crippen molar-refractivity contribution in [1.82, 2.24) is 4.90 Å². The van der Waals surface area contributed by atoms with E-state index in [4.69, 9.17) is 4.74 Å². The molecule has 0 aromatic heterocycles. The van der Waals surface area contributed by atoms with Crippen molar-refractivity contribution in [2.45, 2.75) is 51.0 Å². The van der Waals surface area contributed by atoms with E-state index < -0.39 is 17.0 Å². The highest BCUT2D eigenvalue weighted by Crippen LogP contribution is 2.37. The Labute approximate surface area is 137 Å². The van der Waals surface area contributed by atoms with Crippen LogP contribution in [0.4, 0.5) is 4.79 Å². The van der Waals surface area contributed by atoms with Crippen LogP contribution in [0.15, 0.2) is 30.3 Å². The number of hydrogen-bond acceptors (Lipinski definition) is 3. The van der Waals surface area contributed by atoms with E-state index in [0.717, 1.165) is 18.4 Å². The number of carbonyl (C=O) groups is 2. The van der Waals surface area contributed by atoms with Crippen molar-refractivity contribution < 1.29 is 19.4 Å². The first kappa shape index (κ1) is 17.3. The molecule has 0 aliphatic carbocycles. The van der Waals surface area contributed by atoms with E-state index in [1.54, 1.807) is 4.90 Å². The van der Waals surface area contributed by atoms with Crippen LogP contribution in [0.1, 0.15) is 45.6 Å². The van der Waals surface area contributed by atoms with Gasteiger partial charge >= 0.3 is 12.1 Å². The minimum Gasteiger partial charge on any atom is -0.481 e. The van der Waals surface area contributed by atoms with Crippen molar-refractivity contribution in [3.8, 4) is 0 Å². The molecule has 1 saturated heterocycles. The summed E-state index contributed by atoms with van der Waals surface area (Å²) in [7, 11) is 0. The molecule has 0 radical (unpaired) electrons.